The van der Waals surface area contributed by atoms with Crippen molar-refractivity contribution in [3.63, 3.8) is 0 Å². The lowest BCUT2D eigenvalue weighted by molar-refractivity contribution is -0.120. The van der Waals surface area contributed by atoms with Gasteiger partial charge in [-0.2, -0.15) is 5.26 Å². The summed E-state index contributed by atoms with van der Waals surface area (Å²) in [4.78, 5) is 18.7. The molecular formula is C21H22N4O. The van der Waals surface area contributed by atoms with Crippen molar-refractivity contribution in [3.05, 3.63) is 65.5 Å². The highest BCUT2D eigenvalue weighted by Gasteiger charge is 2.48. The van der Waals surface area contributed by atoms with Gasteiger partial charge < -0.3 is 5.32 Å². The van der Waals surface area contributed by atoms with Gasteiger partial charge in [0.25, 0.3) is 0 Å². The summed E-state index contributed by atoms with van der Waals surface area (Å²) in [6, 6.07) is 14.1. The Morgan fingerprint density at radius 2 is 2.00 bits per heavy atom. The fourth-order valence-corrected chi connectivity index (χ4v) is 4.41. The van der Waals surface area contributed by atoms with Crippen LogP contribution in [0.3, 0.4) is 0 Å². The number of nitriles is 1. The maximum absolute atomic E-state index is 12.2. The van der Waals surface area contributed by atoms with E-state index in [1.165, 1.54) is 11.1 Å². The van der Waals surface area contributed by atoms with E-state index in [1.807, 2.05) is 42.7 Å². The molecule has 4 rings (SSSR count). The van der Waals surface area contributed by atoms with Crippen molar-refractivity contribution in [3.8, 4) is 6.07 Å². The lowest BCUT2D eigenvalue weighted by atomic mass is 9.74. The number of hydrogen-bond donors (Lipinski definition) is 1. The quantitative estimate of drug-likeness (QED) is 0.927. The maximum Gasteiger partial charge on any atom is 0.221 e. The molecule has 2 aliphatic heterocycles. The van der Waals surface area contributed by atoms with E-state index in [0.29, 0.717) is 12.0 Å². The summed E-state index contributed by atoms with van der Waals surface area (Å²) in [5.74, 6) is 0.379. The minimum Gasteiger partial charge on any atom is -0.350 e. The van der Waals surface area contributed by atoms with Gasteiger partial charge in [-0.1, -0.05) is 12.1 Å². The Bertz CT molecular complexity index is 835. The predicted molar refractivity (Wildman–Crippen MR) is 98.1 cm³/mol. The number of nitrogens with one attached hydrogen (secondary N) is 1. The van der Waals surface area contributed by atoms with Crippen LogP contribution < -0.4 is 5.32 Å². The number of piperidine rings is 1. The van der Waals surface area contributed by atoms with E-state index >= 15 is 0 Å². The Balaban J connectivity index is 1.46. The van der Waals surface area contributed by atoms with Crippen LogP contribution in [0, 0.1) is 11.3 Å². The van der Waals surface area contributed by atoms with E-state index in [2.05, 4.69) is 27.3 Å². The van der Waals surface area contributed by atoms with Crippen LogP contribution in [-0.4, -0.2) is 34.4 Å². The molecular weight excluding hydrogens is 324 g/mol. The second kappa shape index (κ2) is 6.89. The largest absolute Gasteiger partial charge is 0.350 e. The number of hydrogen-bond acceptors (Lipinski definition) is 4. The number of nitrogens with zero attached hydrogens (tertiary/aromatic N) is 3. The first-order chi connectivity index (χ1) is 12.7. The first kappa shape index (κ1) is 16.7. The minimum absolute atomic E-state index is 0.135. The fraction of sp³-hybridized carbons (Fsp3) is 0.381. The zero-order valence-corrected chi connectivity index (χ0v) is 14.7. The summed E-state index contributed by atoms with van der Waals surface area (Å²) < 4.78 is 0. The molecule has 2 aromatic rings. The monoisotopic (exact) mass is 346 g/mol. The summed E-state index contributed by atoms with van der Waals surface area (Å²) in [5, 5.41) is 12.4. The number of carbonyl (C=O) groups is 1. The van der Waals surface area contributed by atoms with Crippen LogP contribution >= 0.6 is 0 Å². The van der Waals surface area contributed by atoms with Crippen LogP contribution in [0.4, 0.5) is 0 Å². The molecule has 1 N–H and O–H groups in total. The number of carbonyl (C=O) groups excluding carboxylic acids is 1. The molecule has 26 heavy (non-hydrogen) atoms. The Kier molecular flexibility index (Phi) is 4.44. The maximum atomic E-state index is 12.2. The topological polar surface area (TPSA) is 69.0 Å². The van der Waals surface area contributed by atoms with Gasteiger partial charge in [-0.25, -0.2) is 0 Å². The molecule has 2 saturated heterocycles. The first-order valence-corrected chi connectivity index (χ1v) is 9.11. The molecule has 1 amide bonds. The van der Waals surface area contributed by atoms with Crippen LogP contribution in [-0.2, 0) is 11.3 Å². The van der Waals surface area contributed by atoms with Crippen LogP contribution in [0.5, 0.6) is 0 Å². The normalized spacial score (nSPS) is 22.1. The molecule has 2 fully saturated rings. The first-order valence-electron chi connectivity index (χ1n) is 9.11. The minimum atomic E-state index is -0.135. The van der Waals surface area contributed by atoms with Gasteiger partial charge in [0.2, 0.25) is 5.91 Å². The van der Waals surface area contributed by atoms with Gasteiger partial charge in [-0.3, -0.25) is 14.7 Å². The summed E-state index contributed by atoms with van der Waals surface area (Å²) in [5.41, 5.74) is 2.94. The Hall–Kier alpha value is -2.71. The third-order valence-corrected chi connectivity index (χ3v) is 5.76. The van der Waals surface area contributed by atoms with Crippen molar-refractivity contribution in [1.82, 2.24) is 15.2 Å². The summed E-state index contributed by atoms with van der Waals surface area (Å²) in [7, 11) is 0. The Morgan fingerprint density at radius 1 is 1.23 bits per heavy atom. The third kappa shape index (κ3) is 3.21. The van der Waals surface area contributed by atoms with E-state index in [1.54, 1.807) is 0 Å². The zero-order chi connectivity index (χ0) is 18.0. The molecule has 3 heterocycles. The average molecular weight is 346 g/mol. The molecule has 1 atom stereocenters. The molecule has 1 aromatic heterocycles. The second-order valence-corrected chi connectivity index (χ2v) is 7.33. The molecule has 1 spiro atoms. The SMILES string of the molecule is N#Cc1cccc(CN2CCC3(CC2)NC(=O)C[C@H]3c2ccncc2)c1. The Morgan fingerprint density at radius 3 is 2.73 bits per heavy atom. The highest BCUT2D eigenvalue weighted by Crippen LogP contribution is 2.43. The standard InChI is InChI=1S/C21H22N4O/c22-14-16-2-1-3-17(12-16)15-25-10-6-21(7-11-25)19(13-20(26)24-21)18-4-8-23-9-5-18/h1-5,8-9,12,19H,6-7,10-11,13,15H2,(H,24,26)/t19-/m0/s1. The molecule has 1 aromatic carbocycles. The smallest absolute Gasteiger partial charge is 0.221 e. The van der Waals surface area contributed by atoms with Crippen LogP contribution in [0.1, 0.15) is 41.9 Å². The van der Waals surface area contributed by atoms with Crippen LogP contribution in [0.2, 0.25) is 0 Å². The summed E-state index contributed by atoms with van der Waals surface area (Å²) in [6.07, 6.45) is 6.08. The van der Waals surface area contributed by atoms with E-state index < -0.39 is 0 Å². The van der Waals surface area contributed by atoms with Gasteiger partial charge in [0, 0.05) is 49.9 Å². The van der Waals surface area contributed by atoms with Crippen molar-refractivity contribution in [2.24, 2.45) is 0 Å². The molecule has 2 aliphatic rings. The van der Waals surface area contributed by atoms with Gasteiger partial charge in [-0.05, 0) is 48.2 Å². The van der Waals surface area contributed by atoms with Gasteiger partial charge in [0.15, 0.2) is 0 Å². The number of amides is 1. The number of aromatic nitrogens is 1. The van der Waals surface area contributed by atoms with Crippen molar-refractivity contribution < 1.29 is 4.79 Å². The third-order valence-electron chi connectivity index (χ3n) is 5.76. The zero-order valence-electron chi connectivity index (χ0n) is 14.7. The van der Waals surface area contributed by atoms with Gasteiger partial charge in [-0.15, -0.1) is 0 Å². The van der Waals surface area contributed by atoms with Crippen LogP contribution in [0.25, 0.3) is 0 Å². The molecule has 132 valence electrons. The molecule has 0 saturated carbocycles. The van der Waals surface area contributed by atoms with Gasteiger partial charge in [0.1, 0.15) is 0 Å². The molecule has 0 unspecified atom stereocenters. The number of benzene rings is 1. The molecule has 0 aliphatic carbocycles. The van der Waals surface area contributed by atoms with E-state index in [0.717, 1.165) is 32.5 Å². The second-order valence-electron chi connectivity index (χ2n) is 7.33. The lowest BCUT2D eigenvalue weighted by Crippen LogP contribution is -2.53. The van der Waals surface area contributed by atoms with E-state index in [4.69, 9.17) is 5.26 Å². The van der Waals surface area contributed by atoms with E-state index in [-0.39, 0.29) is 17.4 Å². The molecule has 0 radical (unpaired) electrons. The lowest BCUT2D eigenvalue weighted by Gasteiger charge is -2.43. The highest BCUT2D eigenvalue weighted by atomic mass is 16.2. The highest BCUT2D eigenvalue weighted by molar-refractivity contribution is 5.81. The van der Waals surface area contributed by atoms with Crippen molar-refractivity contribution in [2.75, 3.05) is 13.1 Å². The van der Waals surface area contributed by atoms with Gasteiger partial charge >= 0.3 is 0 Å². The number of likely N-dealkylation sites (tertiary alicyclic amines) is 1. The number of rotatable bonds is 3. The van der Waals surface area contributed by atoms with Gasteiger partial charge in [0.05, 0.1) is 11.6 Å². The average Bonchev–Trinajstić information content (AvgIpc) is 3.00. The molecule has 5 nitrogen and oxygen atoms in total. The predicted octanol–water partition coefficient (Wildman–Crippen LogP) is 2.59. The molecule has 0 bridgehead atoms. The summed E-state index contributed by atoms with van der Waals surface area (Å²) in [6.45, 7) is 2.73. The number of pyridine rings is 1. The van der Waals surface area contributed by atoms with Crippen LogP contribution in [0.15, 0.2) is 48.8 Å². The molecule has 5 heteroatoms. The van der Waals surface area contributed by atoms with Crippen molar-refractivity contribution >= 4 is 5.91 Å². The van der Waals surface area contributed by atoms with Crippen molar-refractivity contribution in [1.29, 1.82) is 5.26 Å². The fourth-order valence-electron chi connectivity index (χ4n) is 4.41. The summed E-state index contributed by atoms with van der Waals surface area (Å²) >= 11 is 0. The van der Waals surface area contributed by atoms with E-state index in [9.17, 15) is 4.79 Å². The Labute approximate surface area is 153 Å². The van der Waals surface area contributed by atoms with Crippen molar-refractivity contribution in [2.45, 2.75) is 37.3 Å².